The standard InChI is InChI=1S/C33H41N3O4/c1-23-16-14-15-21-26(23)34-29(37)28(25-19-12-9-13-20-25)36(32(2,3)4)30(38)27(22-24-17-10-8-11-18-24)35-31(39)40-33(5,6)7/h8-21,27-28H,22H2,1-7H3,(H,34,37)(H,35,39). The summed E-state index contributed by atoms with van der Waals surface area (Å²) in [5.74, 6) is -0.740. The van der Waals surface area contributed by atoms with Gasteiger partial charge >= 0.3 is 6.09 Å². The monoisotopic (exact) mass is 543 g/mol. The van der Waals surface area contributed by atoms with Crippen LogP contribution in [0.5, 0.6) is 0 Å². The quantitative estimate of drug-likeness (QED) is 0.342. The number of anilines is 1. The molecule has 2 N–H and O–H groups in total. The molecule has 7 heteroatoms. The number of nitrogens with zero attached hydrogens (tertiary/aromatic N) is 1. The fourth-order valence-corrected chi connectivity index (χ4v) is 4.48. The summed E-state index contributed by atoms with van der Waals surface area (Å²) < 4.78 is 5.51. The van der Waals surface area contributed by atoms with Gasteiger partial charge in [-0.15, -0.1) is 0 Å². The molecule has 212 valence electrons. The van der Waals surface area contributed by atoms with E-state index in [1.165, 1.54) is 0 Å². The Morgan fingerprint density at radius 3 is 1.90 bits per heavy atom. The molecule has 40 heavy (non-hydrogen) atoms. The lowest BCUT2D eigenvalue weighted by Crippen LogP contribution is -2.58. The number of hydrogen-bond donors (Lipinski definition) is 2. The molecule has 0 heterocycles. The Balaban J connectivity index is 2.07. The van der Waals surface area contributed by atoms with E-state index in [1.807, 2.05) is 113 Å². The first kappa shape index (κ1) is 30.4. The lowest BCUT2D eigenvalue weighted by Gasteiger charge is -2.43. The van der Waals surface area contributed by atoms with Crippen LogP contribution in [0, 0.1) is 6.92 Å². The van der Waals surface area contributed by atoms with Gasteiger partial charge in [0.25, 0.3) is 5.91 Å². The molecule has 3 aromatic carbocycles. The third-order valence-electron chi connectivity index (χ3n) is 6.26. The van der Waals surface area contributed by atoms with Gasteiger partial charge in [-0.3, -0.25) is 9.59 Å². The first-order valence-corrected chi connectivity index (χ1v) is 13.5. The smallest absolute Gasteiger partial charge is 0.408 e. The van der Waals surface area contributed by atoms with E-state index in [2.05, 4.69) is 10.6 Å². The van der Waals surface area contributed by atoms with E-state index < -0.39 is 35.2 Å². The maximum absolute atomic E-state index is 14.5. The van der Waals surface area contributed by atoms with Gasteiger partial charge in [-0.2, -0.15) is 0 Å². The zero-order chi connectivity index (χ0) is 29.5. The predicted molar refractivity (Wildman–Crippen MR) is 159 cm³/mol. The van der Waals surface area contributed by atoms with Gasteiger partial charge in [0.1, 0.15) is 17.7 Å². The molecule has 0 aromatic heterocycles. The summed E-state index contributed by atoms with van der Waals surface area (Å²) in [7, 11) is 0. The van der Waals surface area contributed by atoms with Crippen molar-refractivity contribution in [2.75, 3.05) is 5.32 Å². The van der Waals surface area contributed by atoms with Gasteiger partial charge in [0.15, 0.2) is 0 Å². The molecule has 0 aliphatic rings. The maximum atomic E-state index is 14.5. The minimum Gasteiger partial charge on any atom is -0.444 e. The van der Waals surface area contributed by atoms with E-state index in [0.29, 0.717) is 11.3 Å². The number of amides is 3. The number of alkyl carbamates (subject to hydrolysis) is 1. The molecule has 0 aliphatic carbocycles. The molecule has 0 fully saturated rings. The molecule has 0 spiro atoms. The Labute approximate surface area is 237 Å². The molecule has 3 rings (SSSR count). The molecule has 3 aromatic rings. The zero-order valence-corrected chi connectivity index (χ0v) is 24.5. The van der Waals surface area contributed by atoms with Crippen molar-refractivity contribution in [3.8, 4) is 0 Å². The summed E-state index contributed by atoms with van der Waals surface area (Å²) in [6.45, 7) is 12.9. The average Bonchev–Trinajstić information content (AvgIpc) is 2.87. The van der Waals surface area contributed by atoms with Crippen molar-refractivity contribution in [2.45, 2.75) is 78.1 Å². The summed E-state index contributed by atoms with van der Waals surface area (Å²) >= 11 is 0. The zero-order valence-electron chi connectivity index (χ0n) is 24.5. The van der Waals surface area contributed by atoms with Gasteiger partial charge in [0, 0.05) is 17.6 Å². The number of carbonyl (C=O) groups is 3. The first-order chi connectivity index (χ1) is 18.8. The van der Waals surface area contributed by atoms with Crippen molar-refractivity contribution in [1.29, 1.82) is 0 Å². The highest BCUT2D eigenvalue weighted by molar-refractivity contribution is 5.99. The third kappa shape index (κ3) is 8.43. The second-order valence-electron chi connectivity index (χ2n) is 11.9. The Hall–Kier alpha value is -4.13. The minimum atomic E-state index is -0.978. The third-order valence-corrected chi connectivity index (χ3v) is 6.26. The van der Waals surface area contributed by atoms with Crippen LogP contribution in [-0.2, 0) is 20.7 Å². The number of nitrogens with one attached hydrogen (secondary N) is 2. The van der Waals surface area contributed by atoms with E-state index >= 15 is 0 Å². The molecule has 0 aliphatic heterocycles. The second kappa shape index (κ2) is 12.8. The van der Waals surface area contributed by atoms with Crippen molar-refractivity contribution in [2.24, 2.45) is 0 Å². The molecule has 2 unspecified atom stereocenters. The normalized spacial score (nSPS) is 13.1. The topological polar surface area (TPSA) is 87.7 Å². The lowest BCUT2D eigenvalue weighted by molar-refractivity contribution is -0.146. The Bertz CT molecular complexity index is 1290. The molecule has 2 atom stereocenters. The van der Waals surface area contributed by atoms with Crippen molar-refractivity contribution < 1.29 is 19.1 Å². The molecule has 0 saturated carbocycles. The van der Waals surface area contributed by atoms with Gasteiger partial charge < -0.3 is 20.3 Å². The summed E-state index contributed by atoms with van der Waals surface area (Å²) in [5.41, 5.74) is 1.57. The molecule has 3 amide bonds. The van der Waals surface area contributed by atoms with Crippen LogP contribution in [0.1, 0.15) is 64.3 Å². The minimum absolute atomic E-state index is 0.229. The van der Waals surface area contributed by atoms with Gasteiger partial charge in [0.2, 0.25) is 5.91 Å². The molecular formula is C33H41N3O4. The summed E-state index contributed by atoms with van der Waals surface area (Å²) in [5, 5.41) is 5.83. The Morgan fingerprint density at radius 1 is 0.800 bits per heavy atom. The molecule has 0 saturated heterocycles. The van der Waals surface area contributed by atoms with Gasteiger partial charge in [-0.05, 0) is 71.2 Å². The fraction of sp³-hybridized carbons (Fsp3) is 0.364. The Morgan fingerprint density at radius 2 is 1.35 bits per heavy atom. The number of carbonyl (C=O) groups excluding carboxylic acids is 3. The van der Waals surface area contributed by atoms with E-state index in [9.17, 15) is 14.4 Å². The number of benzene rings is 3. The van der Waals surface area contributed by atoms with Crippen molar-refractivity contribution in [3.05, 3.63) is 102 Å². The molecule has 0 radical (unpaired) electrons. The van der Waals surface area contributed by atoms with Crippen LogP contribution in [0.4, 0.5) is 10.5 Å². The van der Waals surface area contributed by atoms with Crippen LogP contribution in [0.2, 0.25) is 0 Å². The summed E-state index contributed by atoms with van der Waals surface area (Å²) in [6.07, 6.45) is -0.469. The molecule has 7 nitrogen and oxygen atoms in total. The number of aryl methyl sites for hydroxylation is 1. The molecular weight excluding hydrogens is 502 g/mol. The highest BCUT2D eigenvalue weighted by atomic mass is 16.6. The first-order valence-electron chi connectivity index (χ1n) is 13.5. The van der Waals surface area contributed by atoms with Crippen LogP contribution in [0.25, 0.3) is 0 Å². The van der Waals surface area contributed by atoms with E-state index in [1.54, 1.807) is 25.7 Å². The highest BCUT2D eigenvalue weighted by Gasteiger charge is 2.42. The van der Waals surface area contributed by atoms with Crippen LogP contribution in [-0.4, -0.2) is 40.0 Å². The van der Waals surface area contributed by atoms with E-state index in [0.717, 1.165) is 11.1 Å². The number of ether oxygens (including phenoxy) is 1. The predicted octanol–water partition coefficient (Wildman–Crippen LogP) is 6.44. The fourth-order valence-electron chi connectivity index (χ4n) is 4.48. The number of rotatable bonds is 8. The van der Waals surface area contributed by atoms with Crippen molar-refractivity contribution >= 4 is 23.6 Å². The van der Waals surface area contributed by atoms with Crippen molar-refractivity contribution in [3.63, 3.8) is 0 Å². The van der Waals surface area contributed by atoms with Gasteiger partial charge in [0.05, 0.1) is 0 Å². The summed E-state index contributed by atoms with van der Waals surface area (Å²) in [6, 6.07) is 24.2. The SMILES string of the molecule is Cc1ccccc1NC(=O)C(c1ccccc1)N(C(=O)C(Cc1ccccc1)NC(=O)OC(C)(C)C)C(C)(C)C. The van der Waals surface area contributed by atoms with E-state index in [4.69, 9.17) is 4.74 Å². The Kier molecular flexibility index (Phi) is 9.74. The maximum Gasteiger partial charge on any atom is 0.408 e. The van der Waals surface area contributed by atoms with Crippen LogP contribution < -0.4 is 10.6 Å². The lowest BCUT2D eigenvalue weighted by atomic mass is 9.94. The van der Waals surface area contributed by atoms with Gasteiger partial charge in [-0.1, -0.05) is 78.9 Å². The van der Waals surface area contributed by atoms with Crippen LogP contribution in [0.15, 0.2) is 84.9 Å². The highest BCUT2D eigenvalue weighted by Crippen LogP contribution is 2.31. The van der Waals surface area contributed by atoms with Crippen LogP contribution in [0.3, 0.4) is 0 Å². The van der Waals surface area contributed by atoms with Gasteiger partial charge in [-0.25, -0.2) is 4.79 Å². The van der Waals surface area contributed by atoms with E-state index in [-0.39, 0.29) is 12.3 Å². The number of hydrogen-bond acceptors (Lipinski definition) is 4. The molecule has 0 bridgehead atoms. The second-order valence-corrected chi connectivity index (χ2v) is 11.9. The largest absolute Gasteiger partial charge is 0.444 e. The van der Waals surface area contributed by atoms with Crippen molar-refractivity contribution in [1.82, 2.24) is 10.2 Å². The van der Waals surface area contributed by atoms with Crippen LogP contribution >= 0.6 is 0 Å². The average molecular weight is 544 g/mol. The summed E-state index contributed by atoms with van der Waals surface area (Å²) in [4.78, 5) is 43.0. The number of para-hydroxylation sites is 1.